The van der Waals surface area contributed by atoms with Crippen LogP contribution < -0.4 is 20.5 Å². The molecule has 20 heavy (non-hydrogen) atoms. The van der Waals surface area contributed by atoms with E-state index in [2.05, 4.69) is 10.3 Å². The molecule has 2 aromatic rings. The third-order valence-corrected chi connectivity index (χ3v) is 2.71. The number of aromatic nitrogens is 1. The summed E-state index contributed by atoms with van der Waals surface area (Å²) in [5.74, 6) is 1.77. The van der Waals surface area contributed by atoms with Gasteiger partial charge < -0.3 is 20.5 Å². The Morgan fingerprint density at radius 1 is 1.25 bits per heavy atom. The molecule has 3 N–H and O–H groups in total. The fourth-order valence-electron chi connectivity index (χ4n) is 1.69. The molecule has 0 fully saturated rings. The van der Waals surface area contributed by atoms with Crippen molar-refractivity contribution in [1.29, 1.82) is 5.26 Å². The van der Waals surface area contributed by atoms with Crippen molar-refractivity contribution in [2.45, 2.75) is 0 Å². The van der Waals surface area contributed by atoms with Gasteiger partial charge in [-0.3, -0.25) is 0 Å². The molecule has 0 aliphatic carbocycles. The fourth-order valence-corrected chi connectivity index (χ4v) is 1.69. The summed E-state index contributed by atoms with van der Waals surface area (Å²) in [6.07, 6.45) is 1.45. The maximum atomic E-state index is 8.79. The second-order valence-corrected chi connectivity index (χ2v) is 3.96. The van der Waals surface area contributed by atoms with E-state index in [1.807, 2.05) is 6.07 Å². The van der Waals surface area contributed by atoms with Gasteiger partial charge in [0.15, 0.2) is 5.82 Å². The number of nitrogens with zero attached hydrogens (tertiary/aromatic N) is 2. The van der Waals surface area contributed by atoms with Gasteiger partial charge in [-0.1, -0.05) is 0 Å². The summed E-state index contributed by atoms with van der Waals surface area (Å²) in [6, 6.07) is 8.89. The van der Waals surface area contributed by atoms with Gasteiger partial charge in [0.05, 0.1) is 31.2 Å². The number of rotatable bonds is 4. The van der Waals surface area contributed by atoms with E-state index < -0.39 is 0 Å². The van der Waals surface area contributed by atoms with E-state index in [0.717, 1.165) is 0 Å². The summed E-state index contributed by atoms with van der Waals surface area (Å²) in [5, 5.41) is 11.9. The van der Waals surface area contributed by atoms with Crippen LogP contribution in [0.5, 0.6) is 11.5 Å². The van der Waals surface area contributed by atoms with Crippen LogP contribution in [0.4, 0.5) is 17.2 Å². The van der Waals surface area contributed by atoms with Gasteiger partial charge >= 0.3 is 0 Å². The van der Waals surface area contributed by atoms with E-state index in [0.29, 0.717) is 34.3 Å². The molecular formula is C14H14N4O2. The quantitative estimate of drug-likeness (QED) is 0.885. The Morgan fingerprint density at radius 2 is 2.05 bits per heavy atom. The molecule has 1 aromatic carbocycles. The molecule has 6 heteroatoms. The van der Waals surface area contributed by atoms with Crippen molar-refractivity contribution in [3.8, 4) is 17.6 Å². The first kappa shape index (κ1) is 13.5. The minimum absolute atomic E-state index is 0.383. The predicted molar refractivity (Wildman–Crippen MR) is 76.2 cm³/mol. The van der Waals surface area contributed by atoms with Crippen molar-refractivity contribution < 1.29 is 9.47 Å². The van der Waals surface area contributed by atoms with E-state index in [-0.39, 0.29) is 0 Å². The van der Waals surface area contributed by atoms with Crippen LogP contribution in [0.3, 0.4) is 0 Å². The minimum Gasteiger partial charge on any atom is -0.497 e. The number of ether oxygens (including phenoxy) is 2. The number of anilines is 3. The summed E-state index contributed by atoms with van der Waals surface area (Å²) >= 11 is 0. The molecule has 0 bridgehead atoms. The molecule has 0 spiro atoms. The van der Waals surface area contributed by atoms with E-state index in [4.69, 9.17) is 20.5 Å². The Balaban J connectivity index is 2.36. The van der Waals surface area contributed by atoms with Gasteiger partial charge in [0, 0.05) is 12.3 Å². The standard InChI is InChI=1S/C14H14N4O2/c1-19-10-3-4-13(20-2)12(6-10)18-14-11(16)5-9(7-15)8-17-14/h3-6,8H,16H2,1-2H3,(H,17,18). The normalized spacial score (nSPS) is 9.65. The molecule has 0 amide bonds. The lowest BCUT2D eigenvalue weighted by atomic mass is 10.2. The molecule has 0 atom stereocenters. The molecule has 0 unspecified atom stereocenters. The molecule has 0 aliphatic rings. The molecule has 102 valence electrons. The number of nitrogen functional groups attached to an aromatic ring is 1. The van der Waals surface area contributed by atoms with Crippen molar-refractivity contribution in [3.05, 3.63) is 36.0 Å². The number of methoxy groups -OCH3 is 2. The number of nitrogens with two attached hydrogens (primary N) is 1. The first-order valence-electron chi connectivity index (χ1n) is 5.82. The van der Waals surface area contributed by atoms with Gasteiger partial charge in [-0.2, -0.15) is 5.26 Å². The average Bonchev–Trinajstić information content (AvgIpc) is 2.49. The van der Waals surface area contributed by atoms with Gasteiger partial charge in [0.2, 0.25) is 0 Å². The van der Waals surface area contributed by atoms with Crippen LogP contribution in [0.25, 0.3) is 0 Å². The van der Waals surface area contributed by atoms with E-state index >= 15 is 0 Å². The number of nitrogens with one attached hydrogen (secondary N) is 1. The molecule has 0 aliphatic heterocycles. The van der Waals surface area contributed by atoms with Crippen molar-refractivity contribution >= 4 is 17.2 Å². The summed E-state index contributed by atoms with van der Waals surface area (Å²) in [6.45, 7) is 0. The van der Waals surface area contributed by atoms with Crippen molar-refractivity contribution in [1.82, 2.24) is 4.98 Å². The maximum Gasteiger partial charge on any atom is 0.153 e. The summed E-state index contributed by atoms with van der Waals surface area (Å²) in [4.78, 5) is 4.12. The van der Waals surface area contributed by atoms with Crippen molar-refractivity contribution in [2.75, 3.05) is 25.3 Å². The highest BCUT2D eigenvalue weighted by atomic mass is 16.5. The zero-order valence-corrected chi connectivity index (χ0v) is 11.2. The van der Waals surface area contributed by atoms with Gasteiger partial charge in [0.25, 0.3) is 0 Å². The van der Waals surface area contributed by atoms with Crippen LogP contribution in [0.1, 0.15) is 5.56 Å². The molecular weight excluding hydrogens is 256 g/mol. The maximum absolute atomic E-state index is 8.79. The molecule has 6 nitrogen and oxygen atoms in total. The number of pyridine rings is 1. The highest BCUT2D eigenvalue weighted by Crippen LogP contribution is 2.32. The zero-order chi connectivity index (χ0) is 14.5. The third kappa shape index (κ3) is 2.72. The second-order valence-electron chi connectivity index (χ2n) is 3.96. The van der Waals surface area contributed by atoms with Crippen LogP contribution in [-0.2, 0) is 0 Å². The Hall–Kier alpha value is -2.94. The number of hydrogen-bond donors (Lipinski definition) is 2. The van der Waals surface area contributed by atoms with E-state index in [1.165, 1.54) is 6.20 Å². The highest BCUT2D eigenvalue weighted by molar-refractivity contribution is 5.73. The smallest absolute Gasteiger partial charge is 0.153 e. The summed E-state index contributed by atoms with van der Waals surface area (Å²) in [5.41, 5.74) is 7.33. The minimum atomic E-state index is 0.383. The molecule has 0 saturated heterocycles. The molecule has 2 rings (SSSR count). The molecule has 1 heterocycles. The number of nitriles is 1. The largest absolute Gasteiger partial charge is 0.497 e. The lowest BCUT2D eigenvalue weighted by Crippen LogP contribution is -2.01. The van der Waals surface area contributed by atoms with Crippen LogP contribution >= 0.6 is 0 Å². The third-order valence-electron chi connectivity index (χ3n) is 2.71. The second kappa shape index (κ2) is 5.80. The topological polar surface area (TPSA) is 93.2 Å². The number of hydrogen-bond acceptors (Lipinski definition) is 6. The van der Waals surface area contributed by atoms with E-state index in [9.17, 15) is 0 Å². The monoisotopic (exact) mass is 270 g/mol. The van der Waals surface area contributed by atoms with Crippen LogP contribution in [0.2, 0.25) is 0 Å². The SMILES string of the molecule is COc1ccc(OC)c(Nc2ncc(C#N)cc2N)c1. The lowest BCUT2D eigenvalue weighted by molar-refractivity contribution is 0.405. The first-order valence-corrected chi connectivity index (χ1v) is 5.82. The molecule has 0 radical (unpaired) electrons. The predicted octanol–water partition coefficient (Wildman–Crippen LogP) is 2.30. The summed E-state index contributed by atoms with van der Waals surface area (Å²) < 4.78 is 10.4. The van der Waals surface area contributed by atoms with Crippen LogP contribution in [-0.4, -0.2) is 19.2 Å². The van der Waals surface area contributed by atoms with E-state index in [1.54, 1.807) is 38.5 Å². The van der Waals surface area contributed by atoms with Crippen LogP contribution in [0.15, 0.2) is 30.5 Å². The molecule has 0 saturated carbocycles. The zero-order valence-electron chi connectivity index (χ0n) is 11.2. The Labute approximate surface area is 116 Å². The molecule has 1 aromatic heterocycles. The van der Waals surface area contributed by atoms with Gasteiger partial charge in [-0.05, 0) is 18.2 Å². The Morgan fingerprint density at radius 3 is 2.65 bits per heavy atom. The van der Waals surface area contributed by atoms with Gasteiger partial charge in [-0.25, -0.2) is 4.98 Å². The van der Waals surface area contributed by atoms with Crippen molar-refractivity contribution in [2.24, 2.45) is 0 Å². The van der Waals surface area contributed by atoms with Crippen molar-refractivity contribution in [3.63, 3.8) is 0 Å². The first-order chi connectivity index (χ1) is 9.67. The van der Waals surface area contributed by atoms with Crippen LogP contribution in [0, 0.1) is 11.3 Å². The van der Waals surface area contributed by atoms with Gasteiger partial charge in [0.1, 0.15) is 17.6 Å². The Bertz CT molecular complexity index is 665. The fraction of sp³-hybridized carbons (Fsp3) is 0.143. The summed E-state index contributed by atoms with van der Waals surface area (Å²) in [7, 11) is 3.16. The lowest BCUT2D eigenvalue weighted by Gasteiger charge is -2.13. The highest BCUT2D eigenvalue weighted by Gasteiger charge is 2.08. The van der Waals surface area contributed by atoms with Gasteiger partial charge in [-0.15, -0.1) is 0 Å². The Kier molecular flexibility index (Phi) is 3.91. The average molecular weight is 270 g/mol. The number of benzene rings is 1.